The Morgan fingerprint density at radius 3 is 1.95 bits per heavy atom. The van der Waals surface area contributed by atoms with Crippen molar-refractivity contribution < 1.29 is 0 Å². The van der Waals surface area contributed by atoms with Gasteiger partial charge in [0.1, 0.15) is 0 Å². The van der Waals surface area contributed by atoms with Gasteiger partial charge in [0.25, 0.3) is 0 Å². The van der Waals surface area contributed by atoms with Gasteiger partial charge in [-0.15, -0.1) is 0 Å². The molecule has 1 atom stereocenters. The third-order valence-electron chi connectivity index (χ3n) is 4.34. The Labute approximate surface area is 129 Å². The second kappa shape index (κ2) is 15.1. The molecule has 0 aliphatic rings. The maximum absolute atomic E-state index is 2.50. The summed E-state index contributed by atoms with van der Waals surface area (Å²) in [4.78, 5) is 0. The van der Waals surface area contributed by atoms with Crippen molar-refractivity contribution in [3.05, 3.63) is 11.6 Å². The van der Waals surface area contributed by atoms with Crippen LogP contribution >= 0.6 is 0 Å². The van der Waals surface area contributed by atoms with Crippen LogP contribution in [0.15, 0.2) is 11.6 Å². The highest BCUT2D eigenvalue weighted by molar-refractivity contribution is 4.98. The Balaban J connectivity index is 3.40. The zero-order valence-corrected chi connectivity index (χ0v) is 14.8. The molecule has 0 rings (SSSR count). The molecule has 0 saturated heterocycles. The first-order valence-corrected chi connectivity index (χ1v) is 9.36. The minimum Gasteiger partial charge on any atom is -0.0853 e. The molecule has 0 amide bonds. The number of hydrogen-bond donors (Lipinski definition) is 0. The molecule has 120 valence electrons. The van der Waals surface area contributed by atoms with Crippen LogP contribution in [0.25, 0.3) is 0 Å². The van der Waals surface area contributed by atoms with E-state index < -0.39 is 0 Å². The molecule has 20 heavy (non-hydrogen) atoms. The predicted octanol–water partition coefficient (Wildman–Crippen LogP) is 7.68. The van der Waals surface area contributed by atoms with Crippen LogP contribution < -0.4 is 0 Å². The van der Waals surface area contributed by atoms with Crippen LogP contribution in [-0.4, -0.2) is 0 Å². The van der Waals surface area contributed by atoms with Gasteiger partial charge < -0.3 is 0 Å². The van der Waals surface area contributed by atoms with Crippen LogP contribution in [-0.2, 0) is 0 Å². The molecule has 0 saturated carbocycles. The minimum absolute atomic E-state index is 0.878. The first-order valence-electron chi connectivity index (χ1n) is 9.36. The van der Waals surface area contributed by atoms with Crippen LogP contribution in [0.3, 0.4) is 0 Å². The van der Waals surface area contributed by atoms with E-state index in [1.807, 2.05) is 0 Å². The minimum atomic E-state index is 0.878. The Hall–Kier alpha value is -0.260. The van der Waals surface area contributed by atoms with Gasteiger partial charge in [0.15, 0.2) is 0 Å². The van der Waals surface area contributed by atoms with Crippen LogP contribution in [0.4, 0.5) is 0 Å². The molecule has 0 heteroatoms. The van der Waals surface area contributed by atoms with E-state index in [0.29, 0.717) is 0 Å². The fraction of sp³-hybridized carbons (Fsp3) is 0.900. The molecular formula is C20H40. The molecule has 0 bridgehead atoms. The maximum Gasteiger partial charge on any atom is -0.0322 e. The van der Waals surface area contributed by atoms with E-state index in [1.165, 1.54) is 83.5 Å². The Morgan fingerprint density at radius 1 is 0.800 bits per heavy atom. The standard InChI is InChI=1S/C20H40/c1-5-7-9-10-11-12-13-14-16-20(4)18-17-19(3)15-8-6-2/h18-19H,5-17H2,1-4H3. The quantitative estimate of drug-likeness (QED) is 0.226. The molecule has 0 N–H and O–H groups in total. The fourth-order valence-corrected chi connectivity index (χ4v) is 2.71. The Morgan fingerprint density at radius 2 is 1.35 bits per heavy atom. The summed E-state index contributed by atoms with van der Waals surface area (Å²) in [5.41, 5.74) is 1.62. The fourth-order valence-electron chi connectivity index (χ4n) is 2.71. The van der Waals surface area contributed by atoms with Gasteiger partial charge in [0.2, 0.25) is 0 Å². The largest absolute Gasteiger partial charge is 0.0853 e. The van der Waals surface area contributed by atoms with E-state index in [4.69, 9.17) is 0 Å². The summed E-state index contributed by atoms with van der Waals surface area (Å²) in [7, 11) is 0. The van der Waals surface area contributed by atoms with Crippen LogP contribution in [0.5, 0.6) is 0 Å². The highest BCUT2D eigenvalue weighted by Crippen LogP contribution is 2.16. The van der Waals surface area contributed by atoms with Crippen molar-refractivity contribution >= 4 is 0 Å². The molecule has 0 aromatic carbocycles. The number of rotatable bonds is 14. The van der Waals surface area contributed by atoms with Crippen molar-refractivity contribution in [3.63, 3.8) is 0 Å². The summed E-state index contributed by atoms with van der Waals surface area (Å²) in [5, 5.41) is 0. The second-order valence-electron chi connectivity index (χ2n) is 6.76. The molecule has 0 radical (unpaired) electrons. The number of allylic oxidation sites excluding steroid dienone is 2. The van der Waals surface area contributed by atoms with Crippen molar-refractivity contribution in [1.29, 1.82) is 0 Å². The molecule has 0 aliphatic carbocycles. The van der Waals surface area contributed by atoms with Gasteiger partial charge in [-0.05, 0) is 32.1 Å². The number of hydrogen-bond acceptors (Lipinski definition) is 0. The third-order valence-corrected chi connectivity index (χ3v) is 4.34. The summed E-state index contributed by atoms with van der Waals surface area (Å²) in [5.74, 6) is 0.878. The maximum atomic E-state index is 2.50. The lowest BCUT2D eigenvalue weighted by Gasteiger charge is -2.08. The Kier molecular flexibility index (Phi) is 14.9. The van der Waals surface area contributed by atoms with Crippen molar-refractivity contribution in [2.24, 2.45) is 5.92 Å². The molecule has 0 fully saturated rings. The van der Waals surface area contributed by atoms with Crippen molar-refractivity contribution in [2.75, 3.05) is 0 Å². The summed E-state index contributed by atoms with van der Waals surface area (Å²) in [6.07, 6.45) is 20.7. The zero-order chi connectivity index (χ0) is 15.1. The first-order chi connectivity index (χ1) is 9.70. The third kappa shape index (κ3) is 14.2. The number of unbranched alkanes of at least 4 members (excludes halogenated alkanes) is 8. The lowest BCUT2D eigenvalue weighted by atomic mass is 9.98. The van der Waals surface area contributed by atoms with Crippen LogP contribution in [0, 0.1) is 5.92 Å². The van der Waals surface area contributed by atoms with E-state index in [1.54, 1.807) is 5.57 Å². The van der Waals surface area contributed by atoms with E-state index in [0.717, 1.165) is 5.92 Å². The van der Waals surface area contributed by atoms with Gasteiger partial charge in [-0.1, -0.05) is 96.6 Å². The smallest absolute Gasteiger partial charge is 0.0322 e. The molecule has 1 unspecified atom stereocenters. The Bertz CT molecular complexity index is 214. The van der Waals surface area contributed by atoms with Crippen LogP contribution in [0.1, 0.15) is 111 Å². The predicted molar refractivity (Wildman–Crippen MR) is 94.3 cm³/mol. The molecule has 0 heterocycles. The molecule has 0 nitrogen and oxygen atoms in total. The summed E-state index contributed by atoms with van der Waals surface area (Å²) in [6.45, 7) is 9.30. The van der Waals surface area contributed by atoms with Gasteiger partial charge in [-0.3, -0.25) is 0 Å². The van der Waals surface area contributed by atoms with Gasteiger partial charge in [0.05, 0.1) is 0 Å². The average molecular weight is 281 g/mol. The van der Waals surface area contributed by atoms with Gasteiger partial charge in [-0.25, -0.2) is 0 Å². The monoisotopic (exact) mass is 280 g/mol. The lowest BCUT2D eigenvalue weighted by Crippen LogP contribution is -1.93. The van der Waals surface area contributed by atoms with Gasteiger partial charge in [0, 0.05) is 0 Å². The molecule has 0 spiro atoms. The summed E-state index contributed by atoms with van der Waals surface area (Å²) < 4.78 is 0. The molecular weight excluding hydrogens is 240 g/mol. The van der Waals surface area contributed by atoms with Crippen LogP contribution in [0.2, 0.25) is 0 Å². The average Bonchev–Trinajstić information content (AvgIpc) is 2.45. The van der Waals surface area contributed by atoms with Gasteiger partial charge in [-0.2, -0.15) is 0 Å². The topological polar surface area (TPSA) is 0 Å². The molecule has 0 aromatic heterocycles. The van der Waals surface area contributed by atoms with E-state index >= 15 is 0 Å². The SMILES string of the molecule is CCCCCCCCCCC(C)=CCC(C)CCCC. The second-order valence-corrected chi connectivity index (χ2v) is 6.76. The van der Waals surface area contributed by atoms with Crippen molar-refractivity contribution in [2.45, 2.75) is 111 Å². The molecule has 0 aromatic rings. The highest BCUT2D eigenvalue weighted by atomic mass is 14.1. The summed E-state index contributed by atoms with van der Waals surface area (Å²) >= 11 is 0. The highest BCUT2D eigenvalue weighted by Gasteiger charge is 1.99. The van der Waals surface area contributed by atoms with Gasteiger partial charge >= 0.3 is 0 Å². The zero-order valence-electron chi connectivity index (χ0n) is 14.8. The lowest BCUT2D eigenvalue weighted by molar-refractivity contribution is 0.510. The summed E-state index contributed by atoms with van der Waals surface area (Å²) in [6, 6.07) is 0. The molecule has 0 aliphatic heterocycles. The van der Waals surface area contributed by atoms with E-state index in [9.17, 15) is 0 Å². The van der Waals surface area contributed by atoms with Crippen molar-refractivity contribution in [3.8, 4) is 0 Å². The van der Waals surface area contributed by atoms with E-state index in [2.05, 4.69) is 33.8 Å². The van der Waals surface area contributed by atoms with E-state index in [-0.39, 0.29) is 0 Å². The van der Waals surface area contributed by atoms with Crippen molar-refractivity contribution in [1.82, 2.24) is 0 Å². The first kappa shape index (κ1) is 19.7. The normalized spacial score (nSPS) is 13.7.